The van der Waals surface area contributed by atoms with Gasteiger partial charge in [-0.2, -0.15) is 0 Å². The third-order valence-electron chi connectivity index (χ3n) is 3.51. The largest absolute Gasteiger partial charge is 0.295 e. The molecule has 1 unspecified atom stereocenters. The Kier molecular flexibility index (Phi) is 4.70. The van der Waals surface area contributed by atoms with E-state index >= 15 is 0 Å². The van der Waals surface area contributed by atoms with E-state index in [2.05, 4.69) is 10.3 Å². The third-order valence-corrected chi connectivity index (χ3v) is 3.51. The van der Waals surface area contributed by atoms with Crippen LogP contribution in [0.2, 0.25) is 0 Å². The van der Waals surface area contributed by atoms with Crippen molar-refractivity contribution in [2.24, 2.45) is 0 Å². The molecule has 2 aromatic rings. The molecule has 1 saturated heterocycles. The standard InChI is InChI=1S/C14H13N3O3.C2H6/c1-8-15-10-5-3-2-4-9(10)14(20)17(8)11-6-7-12(18)16-13(11)19;1-2/h2-5,11H,6-7H2,1H3,(H,16,18,19);1-2H3. The van der Waals surface area contributed by atoms with Gasteiger partial charge in [-0.05, 0) is 25.5 Å². The van der Waals surface area contributed by atoms with Gasteiger partial charge in [0.2, 0.25) is 11.8 Å². The van der Waals surface area contributed by atoms with Crippen molar-refractivity contribution >= 4 is 22.7 Å². The maximum absolute atomic E-state index is 12.5. The van der Waals surface area contributed by atoms with Crippen LogP contribution in [0.3, 0.4) is 0 Å². The number of fused-ring (bicyclic) bond motifs is 1. The molecule has 1 atom stereocenters. The van der Waals surface area contributed by atoms with Crippen molar-refractivity contribution in [2.75, 3.05) is 0 Å². The minimum Gasteiger partial charge on any atom is -0.295 e. The van der Waals surface area contributed by atoms with E-state index in [9.17, 15) is 14.4 Å². The second-order valence-electron chi connectivity index (χ2n) is 4.82. The molecule has 3 rings (SSSR count). The number of aromatic nitrogens is 2. The number of benzene rings is 1. The summed E-state index contributed by atoms with van der Waals surface area (Å²) < 4.78 is 1.38. The topological polar surface area (TPSA) is 81.1 Å². The van der Waals surface area contributed by atoms with Crippen LogP contribution in [0.25, 0.3) is 10.9 Å². The first-order valence-corrected chi connectivity index (χ1v) is 7.39. The van der Waals surface area contributed by atoms with Crippen LogP contribution in [0.4, 0.5) is 0 Å². The van der Waals surface area contributed by atoms with Crippen molar-refractivity contribution in [3.05, 3.63) is 40.4 Å². The first-order chi connectivity index (χ1) is 10.6. The van der Waals surface area contributed by atoms with Gasteiger partial charge in [-0.3, -0.25) is 24.3 Å². The summed E-state index contributed by atoms with van der Waals surface area (Å²) in [7, 11) is 0. The fraction of sp³-hybridized carbons (Fsp3) is 0.375. The van der Waals surface area contributed by atoms with Crippen molar-refractivity contribution in [1.82, 2.24) is 14.9 Å². The Bertz CT molecular complexity index is 780. The maximum atomic E-state index is 12.5. The number of aryl methyl sites for hydroxylation is 1. The smallest absolute Gasteiger partial charge is 0.262 e. The lowest BCUT2D eigenvalue weighted by atomic mass is 10.1. The minimum atomic E-state index is -0.669. The first kappa shape index (κ1) is 15.9. The molecule has 1 aliphatic heterocycles. The minimum absolute atomic E-state index is 0.231. The highest BCUT2D eigenvalue weighted by atomic mass is 16.2. The molecule has 1 aromatic carbocycles. The van der Waals surface area contributed by atoms with Crippen molar-refractivity contribution in [2.45, 2.75) is 39.7 Å². The third kappa shape index (κ3) is 2.77. The van der Waals surface area contributed by atoms with Gasteiger partial charge in [-0.25, -0.2) is 4.98 Å². The van der Waals surface area contributed by atoms with E-state index < -0.39 is 11.9 Å². The van der Waals surface area contributed by atoms with Gasteiger partial charge in [0.25, 0.3) is 5.56 Å². The summed E-state index contributed by atoms with van der Waals surface area (Å²) >= 11 is 0. The molecule has 1 N–H and O–H groups in total. The van der Waals surface area contributed by atoms with Gasteiger partial charge in [-0.1, -0.05) is 26.0 Å². The van der Waals surface area contributed by atoms with Crippen molar-refractivity contribution in [3.63, 3.8) is 0 Å². The second kappa shape index (κ2) is 6.51. The Balaban J connectivity index is 0.000000847. The Morgan fingerprint density at radius 1 is 1.18 bits per heavy atom. The summed E-state index contributed by atoms with van der Waals surface area (Å²) in [6, 6.07) is 6.35. The molecular formula is C16H19N3O3. The lowest BCUT2D eigenvalue weighted by Crippen LogP contribution is -2.45. The zero-order chi connectivity index (χ0) is 16.3. The highest BCUT2D eigenvalue weighted by molar-refractivity contribution is 5.99. The van der Waals surface area contributed by atoms with Crippen LogP contribution in [0.1, 0.15) is 38.6 Å². The average Bonchev–Trinajstić information content (AvgIpc) is 2.51. The Morgan fingerprint density at radius 3 is 2.55 bits per heavy atom. The van der Waals surface area contributed by atoms with Gasteiger partial charge in [0.05, 0.1) is 10.9 Å². The van der Waals surface area contributed by atoms with E-state index in [1.165, 1.54) is 4.57 Å². The van der Waals surface area contributed by atoms with Gasteiger partial charge in [0.1, 0.15) is 11.9 Å². The molecule has 1 fully saturated rings. The Labute approximate surface area is 128 Å². The van der Waals surface area contributed by atoms with Crippen LogP contribution < -0.4 is 10.9 Å². The van der Waals surface area contributed by atoms with Crippen LogP contribution in [-0.4, -0.2) is 21.4 Å². The lowest BCUT2D eigenvalue weighted by Gasteiger charge is -2.24. The zero-order valence-corrected chi connectivity index (χ0v) is 12.9. The van der Waals surface area contributed by atoms with Crippen molar-refractivity contribution in [1.29, 1.82) is 0 Å². The molecule has 6 nitrogen and oxygen atoms in total. The second-order valence-corrected chi connectivity index (χ2v) is 4.82. The number of carbonyl (C=O) groups is 2. The molecular weight excluding hydrogens is 282 g/mol. The van der Waals surface area contributed by atoms with Crippen LogP contribution in [0.15, 0.2) is 29.1 Å². The summed E-state index contributed by atoms with van der Waals surface area (Å²) in [5, 5.41) is 2.74. The quantitative estimate of drug-likeness (QED) is 0.813. The summed E-state index contributed by atoms with van der Waals surface area (Å²) in [4.78, 5) is 40.0. The predicted octanol–water partition coefficient (Wildman–Crippen LogP) is 1.71. The van der Waals surface area contributed by atoms with Gasteiger partial charge in [0, 0.05) is 6.42 Å². The van der Waals surface area contributed by atoms with E-state index in [1.54, 1.807) is 25.1 Å². The van der Waals surface area contributed by atoms with Crippen LogP contribution in [-0.2, 0) is 9.59 Å². The lowest BCUT2D eigenvalue weighted by molar-refractivity contribution is -0.135. The van der Waals surface area contributed by atoms with Gasteiger partial charge < -0.3 is 0 Å². The highest BCUT2D eigenvalue weighted by Crippen LogP contribution is 2.19. The van der Waals surface area contributed by atoms with Crippen molar-refractivity contribution < 1.29 is 9.59 Å². The number of piperidine rings is 1. The number of nitrogens with zero attached hydrogens (tertiary/aromatic N) is 2. The molecule has 1 aromatic heterocycles. The SMILES string of the molecule is CC.Cc1nc2ccccc2c(=O)n1C1CCC(=O)NC1=O. The van der Waals surface area contributed by atoms with E-state index in [-0.39, 0.29) is 17.9 Å². The highest BCUT2D eigenvalue weighted by Gasteiger charge is 2.30. The summed E-state index contributed by atoms with van der Waals surface area (Å²) in [5.41, 5.74) is 0.362. The van der Waals surface area contributed by atoms with E-state index in [4.69, 9.17) is 0 Å². The normalized spacial score (nSPS) is 17.7. The zero-order valence-electron chi connectivity index (χ0n) is 12.9. The van der Waals surface area contributed by atoms with Gasteiger partial charge >= 0.3 is 0 Å². The predicted molar refractivity (Wildman–Crippen MR) is 83.5 cm³/mol. The Hall–Kier alpha value is -2.50. The van der Waals surface area contributed by atoms with Crippen molar-refractivity contribution in [3.8, 4) is 0 Å². The molecule has 6 heteroatoms. The number of para-hydroxylation sites is 1. The molecule has 2 heterocycles. The molecule has 0 saturated carbocycles. The molecule has 0 bridgehead atoms. The molecule has 0 radical (unpaired) electrons. The fourth-order valence-electron chi connectivity index (χ4n) is 2.55. The molecule has 1 aliphatic rings. The van der Waals surface area contributed by atoms with E-state index in [1.807, 2.05) is 19.9 Å². The van der Waals surface area contributed by atoms with E-state index in [0.29, 0.717) is 23.1 Å². The van der Waals surface area contributed by atoms with Crippen LogP contribution in [0, 0.1) is 6.92 Å². The number of hydrogen-bond acceptors (Lipinski definition) is 4. The van der Waals surface area contributed by atoms with Gasteiger partial charge in [0.15, 0.2) is 0 Å². The first-order valence-electron chi connectivity index (χ1n) is 7.39. The monoisotopic (exact) mass is 301 g/mol. The number of nitrogens with one attached hydrogen (secondary N) is 1. The summed E-state index contributed by atoms with van der Waals surface area (Å²) in [6.45, 7) is 5.69. The van der Waals surface area contributed by atoms with E-state index in [0.717, 1.165) is 0 Å². The van der Waals surface area contributed by atoms with Gasteiger partial charge in [-0.15, -0.1) is 0 Å². The van der Waals surface area contributed by atoms with Crippen LogP contribution in [0.5, 0.6) is 0 Å². The number of carbonyl (C=O) groups excluding carboxylic acids is 2. The Morgan fingerprint density at radius 2 is 1.86 bits per heavy atom. The molecule has 0 spiro atoms. The number of amides is 2. The molecule has 116 valence electrons. The average molecular weight is 301 g/mol. The van der Waals surface area contributed by atoms with Crippen LogP contribution >= 0.6 is 0 Å². The summed E-state index contributed by atoms with van der Waals surface area (Å²) in [6.07, 6.45) is 0.556. The number of rotatable bonds is 1. The number of imide groups is 1. The molecule has 2 amide bonds. The number of hydrogen-bond donors (Lipinski definition) is 1. The molecule has 22 heavy (non-hydrogen) atoms. The molecule has 0 aliphatic carbocycles. The maximum Gasteiger partial charge on any atom is 0.262 e. The fourth-order valence-corrected chi connectivity index (χ4v) is 2.55. The summed E-state index contributed by atoms with van der Waals surface area (Å²) in [5.74, 6) is -0.266.